The van der Waals surface area contributed by atoms with Gasteiger partial charge in [0.2, 0.25) is 0 Å². The Morgan fingerprint density at radius 2 is 2.42 bits per heavy atom. The third-order valence-electron chi connectivity index (χ3n) is 1.60. The quantitative estimate of drug-likeness (QED) is 0.878. The minimum atomic E-state index is 0.392. The maximum atomic E-state index is 5.91. The van der Waals surface area contributed by atoms with E-state index in [9.17, 15) is 0 Å². The van der Waals surface area contributed by atoms with E-state index in [-0.39, 0.29) is 0 Å². The van der Waals surface area contributed by atoms with Crippen molar-refractivity contribution >= 4 is 38.9 Å². The van der Waals surface area contributed by atoms with E-state index in [4.69, 9.17) is 11.6 Å². The second-order valence-electron chi connectivity index (χ2n) is 2.55. The van der Waals surface area contributed by atoms with E-state index in [2.05, 4.69) is 35.1 Å². The molecular formula is C8H11BrClNS. The molecule has 1 N–H and O–H groups in total. The molecule has 0 aliphatic heterocycles. The molecule has 1 atom stereocenters. The lowest BCUT2D eigenvalue weighted by Crippen LogP contribution is -2.16. The van der Waals surface area contributed by atoms with Crippen LogP contribution in [0.4, 0.5) is 0 Å². The molecule has 0 saturated heterocycles. The van der Waals surface area contributed by atoms with Crippen LogP contribution in [0, 0.1) is 0 Å². The lowest BCUT2D eigenvalue weighted by Gasteiger charge is -2.08. The van der Waals surface area contributed by atoms with Crippen molar-refractivity contribution in [1.29, 1.82) is 0 Å². The zero-order chi connectivity index (χ0) is 9.14. The van der Waals surface area contributed by atoms with Gasteiger partial charge in [0, 0.05) is 10.9 Å². The summed E-state index contributed by atoms with van der Waals surface area (Å²) >= 11 is 11.0. The number of rotatable bonds is 3. The molecule has 0 aromatic carbocycles. The van der Waals surface area contributed by atoms with Crippen molar-refractivity contribution in [3.05, 3.63) is 19.8 Å². The molecule has 0 aliphatic rings. The van der Waals surface area contributed by atoms with Crippen LogP contribution in [0.5, 0.6) is 0 Å². The van der Waals surface area contributed by atoms with E-state index in [1.54, 1.807) is 11.3 Å². The van der Waals surface area contributed by atoms with Gasteiger partial charge in [-0.2, -0.15) is 0 Å². The van der Waals surface area contributed by atoms with Crippen LogP contribution in [0.25, 0.3) is 0 Å². The Morgan fingerprint density at radius 3 is 2.83 bits per heavy atom. The van der Waals surface area contributed by atoms with Gasteiger partial charge in [0.15, 0.2) is 0 Å². The molecule has 68 valence electrons. The van der Waals surface area contributed by atoms with Crippen LogP contribution in [-0.2, 0) is 0 Å². The van der Waals surface area contributed by atoms with Crippen molar-refractivity contribution in [3.8, 4) is 0 Å². The van der Waals surface area contributed by atoms with Crippen LogP contribution < -0.4 is 5.32 Å². The largest absolute Gasteiger partial charge is 0.310 e. The van der Waals surface area contributed by atoms with Crippen LogP contribution >= 0.6 is 38.9 Å². The highest BCUT2D eigenvalue weighted by Crippen LogP contribution is 2.34. The number of hydrogen-bond donors (Lipinski definition) is 1. The summed E-state index contributed by atoms with van der Waals surface area (Å²) in [6.07, 6.45) is 0. The number of hydrogen-bond acceptors (Lipinski definition) is 2. The lowest BCUT2D eigenvalue weighted by atomic mass is 10.3. The molecule has 1 heterocycles. The summed E-state index contributed by atoms with van der Waals surface area (Å²) in [5.41, 5.74) is 0. The first-order valence-electron chi connectivity index (χ1n) is 3.83. The van der Waals surface area contributed by atoms with Gasteiger partial charge < -0.3 is 5.32 Å². The normalized spacial score (nSPS) is 13.3. The number of thiophene rings is 1. The van der Waals surface area contributed by atoms with Gasteiger partial charge in [-0.1, -0.05) is 18.5 Å². The standard InChI is InChI=1S/C8H11BrClNS/c1-3-11-5(2)7-4-6(10)8(9)12-7/h4-5,11H,3H2,1-2H3. The van der Waals surface area contributed by atoms with Crippen LogP contribution in [0.3, 0.4) is 0 Å². The maximum Gasteiger partial charge on any atom is 0.0887 e. The summed E-state index contributed by atoms with van der Waals surface area (Å²) in [6.45, 7) is 5.22. The fourth-order valence-electron chi connectivity index (χ4n) is 0.983. The van der Waals surface area contributed by atoms with Gasteiger partial charge in [-0.25, -0.2) is 0 Å². The summed E-state index contributed by atoms with van der Waals surface area (Å²) < 4.78 is 1.02. The molecule has 1 nitrogen and oxygen atoms in total. The average Bonchev–Trinajstić information content (AvgIpc) is 2.33. The molecule has 0 saturated carbocycles. The summed E-state index contributed by atoms with van der Waals surface area (Å²) in [5.74, 6) is 0. The van der Waals surface area contributed by atoms with Crippen LogP contribution in [0.15, 0.2) is 9.85 Å². The third kappa shape index (κ3) is 2.46. The highest BCUT2D eigenvalue weighted by Gasteiger charge is 2.09. The second-order valence-corrected chi connectivity index (χ2v) is 5.36. The van der Waals surface area contributed by atoms with E-state index < -0.39 is 0 Å². The molecule has 0 fully saturated rings. The van der Waals surface area contributed by atoms with Crippen molar-refractivity contribution in [2.75, 3.05) is 6.54 Å². The lowest BCUT2D eigenvalue weighted by molar-refractivity contribution is 0.607. The zero-order valence-corrected chi connectivity index (χ0v) is 10.2. The maximum absolute atomic E-state index is 5.91. The van der Waals surface area contributed by atoms with Gasteiger partial charge >= 0.3 is 0 Å². The van der Waals surface area contributed by atoms with Gasteiger partial charge in [-0.15, -0.1) is 11.3 Å². The van der Waals surface area contributed by atoms with Gasteiger partial charge in [0.25, 0.3) is 0 Å². The average molecular weight is 269 g/mol. The van der Waals surface area contributed by atoms with Gasteiger partial charge in [-0.05, 0) is 35.5 Å². The van der Waals surface area contributed by atoms with E-state index in [1.807, 2.05) is 6.07 Å². The van der Waals surface area contributed by atoms with Crippen LogP contribution in [0.1, 0.15) is 24.8 Å². The third-order valence-corrected chi connectivity index (χ3v) is 4.26. The highest BCUT2D eigenvalue weighted by atomic mass is 79.9. The second kappa shape index (κ2) is 4.61. The molecule has 12 heavy (non-hydrogen) atoms. The molecule has 0 bridgehead atoms. The Labute approximate surface area is 90.3 Å². The van der Waals surface area contributed by atoms with Gasteiger partial charge in [0.05, 0.1) is 8.81 Å². The zero-order valence-electron chi connectivity index (χ0n) is 7.03. The van der Waals surface area contributed by atoms with E-state index >= 15 is 0 Å². The van der Waals surface area contributed by atoms with Gasteiger partial charge in [0.1, 0.15) is 0 Å². The monoisotopic (exact) mass is 267 g/mol. The molecule has 4 heteroatoms. The van der Waals surface area contributed by atoms with Crippen molar-refractivity contribution in [2.24, 2.45) is 0 Å². The Morgan fingerprint density at radius 1 is 1.75 bits per heavy atom. The predicted octanol–water partition coefficient (Wildman–Crippen LogP) is 3.83. The summed E-state index contributed by atoms with van der Waals surface area (Å²) in [5, 5.41) is 4.14. The SMILES string of the molecule is CCNC(C)c1cc(Cl)c(Br)s1. The summed E-state index contributed by atoms with van der Waals surface area (Å²) in [4.78, 5) is 1.27. The minimum Gasteiger partial charge on any atom is -0.310 e. The molecule has 1 aromatic rings. The Hall–Kier alpha value is 0.430. The Balaban J connectivity index is 2.74. The molecule has 0 amide bonds. The van der Waals surface area contributed by atoms with Crippen LogP contribution in [0.2, 0.25) is 5.02 Å². The molecular weight excluding hydrogens is 258 g/mol. The van der Waals surface area contributed by atoms with Crippen molar-refractivity contribution in [3.63, 3.8) is 0 Å². The molecule has 1 aromatic heterocycles. The smallest absolute Gasteiger partial charge is 0.0887 e. The van der Waals surface area contributed by atoms with Gasteiger partial charge in [-0.3, -0.25) is 0 Å². The summed E-state index contributed by atoms with van der Waals surface area (Å²) in [7, 11) is 0. The summed E-state index contributed by atoms with van der Waals surface area (Å²) in [6, 6.07) is 2.40. The van der Waals surface area contributed by atoms with E-state index in [0.717, 1.165) is 15.4 Å². The molecule has 1 unspecified atom stereocenters. The fourth-order valence-corrected chi connectivity index (χ4v) is 2.76. The first-order chi connectivity index (χ1) is 5.65. The van der Waals surface area contributed by atoms with Crippen molar-refractivity contribution in [1.82, 2.24) is 5.32 Å². The molecule has 0 spiro atoms. The number of halogens is 2. The first kappa shape index (κ1) is 10.5. The van der Waals surface area contributed by atoms with Crippen molar-refractivity contribution in [2.45, 2.75) is 19.9 Å². The first-order valence-corrected chi connectivity index (χ1v) is 5.82. The molecule has 0 aliphatic carbocycles. The molecule has 0 radical (unpaired) electrons. The Bertz CT molecular complexity index is 242. The highest BCUT2D eigenvalue weighted by molar-refractivity contribution is 9.11. The van der Waals surface area contributed by atoms with Crippen molar-refractivity contribution < 1.29 is 0 Å². The minimum absolute atomic E-state index is 0.392. The van der Waals surface area contributed by atoms with Crippen LogP contribution in [-0.4, -0.2) is 6.54 Å². The van der Waals surface area contributed by atoms with E-state index in [0.29, 0.717) is 6.04 Å². The number of nitrogens with one attached hydrogen (secondary N) is 1. The van der Waals surface area contributed by atoms with E-state index in [1.165, 1.54) is 4.88 Å². The fraction of sp³-hybridized carbons (Fsp3) is 0.500. The topological polar surface area (TPSA) is 12.0 Å². The Kier molecular flexibility index (Phi) is 4.03. The molecule has 1 rings (SSSR count). The predicted molar refractivity (Wildman–Crippen MR) is 59.1 cm³/mol.